The zero-order chi connectivity index (χ0) is 14.5. The Kier molecular flexibility index (Phi) is 5.59. The monoisotopic (exact) mass is 305 g/mol. The molecule has 0 saturated heterocycles. The first-order chi connectivity index (χ1) is 8.85. The van der Waals surface area contributed by atoms with Gasteiger partial charge in [0.25, 0.3) is 5.91 Å². The summed E-state index contributed by atoms with van der Waals surface area (Å²) in [4.78, 5) is 11.7. The van der Waals surface area contributed by atoms with Crippen LogP contribution in [0, 0.1) is 0 Å². The lowest BCUT2D eigenvalue weighted by Crippen LogP contribution is -2.34. The Bertz CT molecular complexity index is 560. The first kappa shape index (κ1) is 15.7. The summed E-state index contributed by atoms with van der Waals surface area (Å²) in [5.41, 5.74) is 6.21. The minimum Gasteiger partial charge on any atom is -0.398 e. The molecule has 0 saturated carbocycles. The molecule has 0 spiro atoms. The third kappa shape index (κ3) is 5.06. The van der Waals surface area contributed by atoms with Crippen LogP contribution >= 0.6 is 11.6 Å². The summed E-state index contributed by atoms with van der Waals surface area (Å²) in [5.74, 6) is -0.564. The molecule has 1 aromatic rings. The highest BCUT2D eigenvalue weighted by Gasteiger charge is 2.11. The molecule has 1 amide bonds. The van der Waals surface area contributed by atoms with Crippen molar-refractivity contribution in [3.05, 3.63) is 28.8 Å². The topological polar surface area (TPSA) is 101 Å². The number of benzene rings is 1. The summed E-state index contributed by atoms with van der Waals surface area (Å²) >= 11 is 5.74. The number of amides is 1. The average Bonchev–Trinajstić information content (AvgIpc) is 2.32. The number of carbonyl (C=O) groups is 1. The van der Waals surface area contributed by atoms with E-state index in [2.05, 4.69) is 10.0 Å². The van der Waals surface area contributed by atoms with Crippen molar-refractivity contribution >= 4 is 33.2 Å². The molecule has 106 valence electrons. The number of nitrogen functional groups attached to an aromatic ring is 1. The van der Waals surface area contributed by atoms with Crippen LogP contribution in [-0.4, -0.2) is 33.2 Å². The van der Waals surface area contributed by atoms with Gasteiger partial charge >= 0.3 is 0 Å². The fourth-order valence-corrected chi connectivity index (χ4v) is 2.45. The number of nitrogens with two attached hydrogens (primary N) is 1. The molecule has 4 N–H and O–H groups in total. The van der Waals surface area contributed by atoms with Gasteiger partial charge < -0.3 is 11.1 Å². The van der Waals surface area contributed by atoms with Gasteiger partial charge in [-0.05, 0) is 18.2 Å². The highest BCUT2D eigenvalue weighted by Crippen LogP contribution is 2.19. The van der Waals surface area contributed by atoms with Crippen LogP contribution in [0.3, 0.4) is 0 Å². The van der Waals surface area contributed by atoms with Crippen molar-refractivity contribution in [3.8, 4) is 0 Å². The molecule has 0 fully saturated rings. The van der Waals surface area contributed by atoms with E-state index in [-0.39, 0.29) is 12.3 Å². The molecular weight excluding hydrogens is 290 g/mol. The zero-order valence-electron chi connectivity index (χ0n) is 10.4. The largest absolute Gasteiger partial charge is 0.398 e. The van der Waals surface area contributed by atoms with Crippen molar-refractivity contribution in [2.75, 3.05) is 24.6 Å². The van der Waals surface area contributed by atoms with E-state index in [4.69, 9.17) is 17.3 Å². The van der Waals surface area contributed by atoms with Gasteiger partial charge in [-0.1, -0.05) is 18.5 Å². The van der Waals surface area contributed by atoms with E-state index in [9.17, 15) is 13.2 Å². The predicted octanol–water partition coefficient (Wildman–Crippen LogP) is 0.591. The van der Waals surface area contributed by atoms with Crippen molar-refractivity contribution in [2.45, 2.75) is 6.92 Å². The van der Waals surface area contributed by atoms with E-state index in [0.29, 0.717) is 22.8 Å². The number of anilines is 1. The van der Waals surface area contributed by atoms with Crippen LogP contribution in [0.2, 0.25) is 5.02 Å². The number of carbonyl (C=O) groups excluding carboxylic acids is 1. The smallest absolute Gasteiger partial charge is 0.251 e. The number of halogens is 1. The second kappa shape index (κ2) is 6.74. The van der Waals surface area contributed by atoms with Gasteiger partial charge in [-0.3, -0.25) is 4.79 Å². The molecule has 0 unspecified atom stereocenters. The second-order valence-electron chi connectivity index (χ2n) is 3.81. The van der Waals surface area contributed by atoms with Crippen LogP contribution in [0.5, 0.6) is 0 Å². The minimum absolute atomic E-state index is 0.0245. The van der Waals surface area contributed by atoms with E-state index < -0.39 is 15.9 Å². The quantitative estimate of drug-likeness (QED) is 0.670. The van der Waals surface area contributed by atoms with Crippen LogP contribution in [0.25, 0.3) is 0 Å². The molecule has 1 rings (SSSR count). The van der Waals surface area contributed by atoms with Gasteiger partial charge in [0, 0.05) is 18.7 Å². The Labute approximate surface area is 117 Å². The molecule has 6 nitrogen and oxygen atoms in total. The highest BCUT2D eigenvalue weighted by molar-refractivity contribution is 7.89. The molecule has 0 bridgehead atoms. The van der Waals surface area contributed by atoms with Crippen molar-refractivity contribution in [2.24, 2.45) is 0 Å². The second-order valence-corrected chi connectivity index (χ2v) is 6.14. The molecule has 0 aliphatic rings. The number of sulfonamides is 1. The predicted molar refractivity (Wildman–Crippen MR) is 75.7 cm³/mol. The van der Waals surface area contributed by atoms with E-state index in [1.807, 2.05) is 0 Å². The molecule has 0 aromatic heterocycles. The maximum atomic E-state index is 11.7. The van der Waals surface area contributed by atoms with Crippen LogP contribution in [0.15, 0.2) is 18.2 Å². The molecule has 1 aromatic carbocycles. The standard InChI is InChI=1S/C11H16ClN3O3S/c1-2-15-19(17,18)6-5-14-11(16)8-3-4-9(12)10(13)7-8/h3-4,7,15H,2,5-6,13H2,1H3,(H,14,16). The summed E-state index contributed by atoms with van der Waals surface area (Å²) in [6.45, 7) is 2.04. The normalized spacial score (nSPS) is 11.3. The molecule has 0 aliphatic carbocycles. The fraction of sp³-hybridized carbons (Fsp3) is 0.364. The lowest BCUT2D eigenvalue weighted by Gasteiger charge is -2.07. The van der Waals surface area contributed by atoms with Gasteiger partial charge in [-0.15, -0.1) is 0 Å². The fourth-order valence-electron chi connectivity index (χ4n) is 1.38. The zero-order valence-corrected chi connectivity index (χ0v) is 12.0. The molecular formula is C11H16ClN3O3S. The van der Waals surface area contributed by atoms with Gasteiger partial charge in [0.2, 0.25) is 10.0 Å². The SMILES string of the molecule is CCNS(=O)(=O)CCNC(=O)c1ccc(Cl)c(N)c1. The van der Waals surface area contributed by atoms with E-state index >= 15 is 0 Å². The van der Waals surface area contributed by atoms with E-state index in [1.54, 1.807) is 6.92 Å². The Morgan fingerprint density at radius 3 is 2.68 bits per heavy atom. The number of nitrogens with one attached hydrogen (secondary N) is 2. The van der Waals surface area contributed by atoms with E-state index in [1.165, 1.54) is 18.2 Å². The molecule has 19 heavy (non-hydrogen) atoms. The number of rotatable bonds is 6. The van der Waals surface area contributed by atoms with Gasteiger partial charge in [0.1, 0.15) is 0 Å². The summed E-state index contributed by atoms with van der Waals surface area (Å²) in [5, 5.41) is 2.87. The van der Waals surface area contributed by atoms with Gasteiger partial charge in [0.05, 0.1) is 16.5 Å². The Morgan fingerprint density at radius 1 is 1.42 bits per heavy atom. The summed E-state index contributed by atoms with van der Waals surface area (Å²) in [6.07, 6.45) is 0. The van der Waals surface area contributed by atoms with Crippen molar-refractivity contribution in [3.63, 3.8) is 0 Å². The molecule has 0 heterocycles. The summed E-state index contributed by atoms with van der Waals surface area (Å²) in [7, 11) is -3.33. The maximum absolute atomic E-state index is 11.7. The third-order valence-corrected chi connectivity index (χ3v) is 4.09. The van der Waals surface area contributed by atoms with Crippen molar-refractivity contribution < 1.29 is 13.2 Å². The molecule has 8 heteroatoms. The van der Waals surface area contributed by atoms with Crippen LogP contribution in [-0.2, 0) is 10.0 Å². The Hall–Kier alpha value is -1.31. The van der Waals surface area contributed by atoms with Crippen LogP contribution in [0.1, 0.15) is 17.3 Å². The summed E-state index contributed by atoms with van der Waals surface area (Å²) < 4.78 is 25.0. The Morgan fingerprint density at radius 2 is 2.11 bits per heavy atom. The van der Waals surface area contributed by atoms with Gasteiger partial charge in [-0.25, -0.2) is 13.1 Å². The average molecular weight is 306 g/mol. The van der Waals surface area contributed by atoms with Gasteiger partial charge in [-0.2, -0.15) is 0 Å². The van der Waals surface area contributed by atoms with Crippen LogP contribution < -0.4 is 15.8 Å². The lowest BCUT2D eigenvalue weighted by atomic mass is 10.2. The molecule has 0 aliphatic heterocycles. The lowest BCUT2D eigenvalue weighted by molar-refractivity contribution is 0.0956. The number of hydrogen-bond donors (Lipinski definition) is 3. The van der Waals surface area contributed by atoms with Crippen molar-refractivity contribution in [1.29, 1.82) is 0 Å². The van der Waals surface area contributed by atoms with Crippen molar-refractivity contribution in [1.82, 2.24) is 10.0 Å². The minimum atomic E-state index is -3.33. The van der Waals surface area contributed by atoms with Gasteiger partial charge in [0.15, 0.2) is 0 Å². The van der Waals surface area contributed by atoms with E-state index in [0.717, 1.165) is 0 Å². The number of hydrogen-bond acceptors (Lipinski definition) is 4. The van der Waals surface area contributed by atoms with Crippen LogP contribution in [0.4, 0.5) is 5.69 Å². The molecule has 0 radical (unpaired) electrons. The Balaban J connectivity index is 2.54. The molecule has 0 atom stereocenters. The third-order valence-electron chi connectivity index (χ3n) is 2.28. The first-order valence-corrected chi connectivity index (χ1v) is 7.69. The maximum Gasteiger partial charge on any atom is 0.251 e. The highest BCUT2D eigenvalue weighted by atomic mass is 35.5. The first-order valence-electron chi connectivity index (χ1n) is 5.66. The summed E-state index contributed by atoms with van der Waals surface area (Å²) in [6, 6.07) is 4.48.